The molecule has 0 heterocycles. The molecule has 1 aromatic carbocycles. The molecular formula is C14H18. The molecule has 0 unspecified atom stereocenters. The molecule has 0 spiro atoms. The molecule has 14 heavy (non-hydrogen) atoms. The summed E-state index contributed by atoms with van der Waals surface area (Å²) in [6, 6.07) is 4.60. The Balaban J connectivity index is 2.46. The summed E-state index contributed by atoms with van der Waals surface area (Å²) < 4.78 is 0. The van der Waals surface area contributed by atoms with E-state index in [1.807, 2.05) is 0 Å². The zero-order valence-electron chi connectivity index (χ0n) is 9.52. The van der Waals surface area contributed by atoms with E-state index < -0.39 is 0 Å². The maximum absolute atomic E-state index is 2.38. The van der Waals surface area contributed by atoms with E-state index in [0.717, 1.165) is 6.42 Å². The largest absolute Gasteiger partial charge is 0.0626 e. The number of hydrogen-bond donors (Lipinski definition) is 0. The van der Waals surface area contributed by atoms with Crippen molar-refractivity contribution in [2.75, 3.05) is 0 Å². The molecule has 0 saturated carbocycles. The van der Waals surface area contributed by atoms with Gasteiger partial charge in [-0.1, -0.05) is 43.2 Å². The molecule has 1 aromatic rings. The molecule has 0 aliphatic heterocycles. The van der Waals surface area contributed by atoms with E-state index in [4.69, 9.17) is 0 Å². The van der Waals surface area contributed by atoms with Crippen LogP contribution in [0.1, 0.15) is 36.1 Å². The van der Waals surface area contributed by atoms with Crippen molar-refractivity contribution in [1.82, 2.24) is 0 Å². The first-order chi connectivity index (χ1) is 6.58. The maximum Gasteiger partial charge on any atom is -0.00551 e. The van der Waals surface area contributed by atoms with Gasteiger partial charge in [0.05, 0.1) is 0 Å². The lowest BCUT2D eigenvalue weighted by Crippen LogP contribution is -1.93. The third kappa shape index (κ3) is 1.50. The number of fused-ring (bicyclic) bond motifs is 1. The van der Waals surface area contributed by atoms with Crippen LogP contribution in [-0.4, -0.2) is 0 Å². The van der Waals surface area contributed by atoms with Crippen LogP contribution < -0.4 is 0 Å². The van der Waals surface area contributed by atoms with Gasteiger partial charge in [0.15, 0.2) is 0 Å². The summed E-state index contributed by atoms with van der Waals surface area (Å²) in [4.78, 5) is 0. The molecule has 1 aliphatic carbocycles. The van der Waals surface area contributed by atoms with E-state index in [2.05, 4.69) is 45.9 Å². The Hall–Kier alpha value is -1.04. The molecule has 1 aliphatic rings. The minimum absolute atomic E-state index is 0.683. The molecule has 0 heteroatoms. The maximum atomic E-state index is 2.38. The Bertz CT molecular complexity index is 395. The average Bonchev–Trinajstić information content (AvgIpc) is 2.47. The second-order valence-electron chi connectivity index (χ2n) is 4.71. The first kappa shape index (κ1) is 9.51. The van der Waals surface area contributed by atoms with E-state index in [1.165, 1.54) is 22.3 Å². The smallest absolute Gasteiger partial charge is 0.00551 e. The summed E-state index contributed by atoms with van der Waals surface area (Å²) in [6.45, 7) is 8.95. The Labute approximate surface area is 86.7 Å². The molecular weight excluding hydrogens is 168 g/mol. The Morgan fingerprint density at radius 3 is 2.50 bits per heavy atom. The van der Waals surface area contributed by atoms with Crippen molar-refractivity contribution in [3.05, 3.63) is 40.0 Å². The summed E-state index contributed by atoms with van der Waals surface area (Å²) in [6.07, 6.45) is 3.55. The fourth-order valence-electron chi connectivity index (χ4n) is 2.25. The topological polar surface area (TPSA) is 0 Å². The molecule has 0 fully saturated rings. The van der Waals surface area contributed by atoms with Crippen molar-refractivity contribution in [2.24, 2.45) is 5.92 Å². The minimum Gasteiger partial charge on any atom is -0.0626 e. The summed E-state index contributed by atoms with van der Waals surface area (Å²) in [5.41, 5.74) is 7.38. The number of rotatable bonds is 1. The first-order valence-electron chi connectivity index (χ1n) is 5.38. The predicted octanol–water partition coefficient (Wildman–Crippen LogP) is 3.90. The lowest BCUT2D eigenvalue weighted by atomic mass is 9.99. The summed E-state index contributed by atoms with van der Waals surface area (Å²) >= 11 is 0. The molecule has 0 aromatic heterocycles. The molecule has 0 N–H and O–H groups in total. The number of benzene rings is 1. The van der Waals surface area contributed by atoms with E-state index in [-0.39, 0.29) is 0 Å². The van der Waals surface area contributed by atoms with Crippen molar-refractivity contribution in [3.8, 4) is 0 Å². The second kappa shape index (κ2) is 3.27. The van der Waals surface area contributed by atoms with Crippen LogP contribution in [0.4, 0.5) is 0 Å². The Morgan fingerprint density at radius 2 is 1.86 bits per heavy atom. The molecule has 0 nitrogen and oxygen atoms in total. The van der Waals surface area contributed by atoms with Crippen LogP contribution in [0.3, 0.4) is 0 Å². The van der Waals surface area contributed by atoms with Crippen LogP contribution in [0.2, 0.25) is 0 Å². The second-order valence-corrected chi connectivity index (χ2v) is 4.71. The van der Waals surface area contributed by atoms with Gasteiger partial charge in [-0.15, -0.1) is 0 Å². The van der Waals surface area contributed by atoms with E-state index in [0.29, 0.717) is 5.92 Å². The van der Waals surface area contributed by atoms with Gasteiger partial charge in [0.25, 0.3) is 0 Å². The molecule has 0 amide bonds. The van der Waals surface area contributed by atoms with Gasteiger partial charge in [0, 0.05) is 0 Å². The highest BCUT2D eigenvalue weighted by atomic mass is 14.2. The van der Waals surface area contributed by atoms with Crippen molar-refractivity contribution < 1.29 is 0 Å². The van der Waals surface area contributed by atoms with Gasteiger partial charge in [0.1, 0.15) is 0 Å². The fraction of sp³-hybridized carbons (Fsp3) is 0.429. The van der Waals surface area contributed by atoms with E-state index in [1.54, 1.807) is 5.57 Å². The lowest BCUT2D eigenvalue weighted by Gasteiger charge is -2.05. The highest BCUT2D eigenvalue weighted by molar-refractivity contribution is 5.67. The van der Waals surface area contributed by atoms with E-state index >= 15 is 0 Å². The van der Waals surface area contributed by atoms with Crippen molar-refractivity contribution in [2.45, 2.75) is 34.1 Å². The molecule has 2 rings (SSSR count). The van der Waals surface area contributed by atoms with Crippen LogP contribution in [0, 0.1) is 19.8 Å². The van der Waals surface area contributed by atoms with Crippen LogP contribution in [-0.2, 0) is 6.42 Å². The van der Waals surface area contributed by atoms with Gasteiger partial charge >= 0.3 is 0 Å². The average molecular weight is 186 g/mol. The summed E-state index contributed by atoms with van der Waals surface area (Å²) in [5.74, 6) is 0.683. The normalized spacial score (nSPS) is 14.5. The zero-order chi connectivity index (χ0) is 10.3. The molecule has 0 saturated heterocycles. The van der Waals surface area contributed by atoms with Gasteiger partial charge in [-0.25, -0.2) is 0 Å². The molecule has 0 atom stereocenters. The van der Waals surface area contributed by atoms with Gasteiger partial charge in [-0.2, -0.15) is 0 Å². The standard InChI is InChI=1S/C14H18/c1-9(2)12-7-13-6-10(3)5-11(4)14(13)8-12/h5-6,8-9H,7H2,1-4H3. The summed E-state index contributed by atoms with van der Waals surface area (Å²) in [5, 5.41) is 0. The Morgan fingerprint density at radius 1 is 1.14 bits per heavy atom. The van der Waals surface area contributed by atoms with Crippen LogP contribution in [0.5, 0.6) is 0 Å². The van der Waals surface area contributed by atoms with Gasteiger partial charge in [-0.05, 0) is 42.9 Å². The number of allylic oxidation sites excluding steroid dienone is 1. The molecule has 0 bridgehead atoms. The van der Waals surface area contributed by atoms with Crippen LogP contribution in [0.25, 0.3) is 6.08 Å². The molecule has 0 radical (unpaired) electrons. The van der Waals surface area contributed by atoms with Crippen LogP contribution >= 0.6 is 0 Å². The monoisotopic (exact) mass is 186 g/mol. The zero-order valence-corrected chi connectivity index (χ0v) is 9.52. The predicted molar refractivity (Wildman–Crippen MR) is 62.4 cm³/mol. The SMILES string of the molecule is Cc1cc(C)c2c(c1)CC(C(C)C)=C2. The van der Waals surface area contributed by atoms with Gasteiger partial charge < -0.3 is 0 Å². The highest BCUT2D eigenvalue weighted by Gasteiger charge is 2.16. The number of aryl methyl sites for hydroxylation is 2. The number of hydrogen-bond acceptors (Lipinski definition) is 0. The highest BCUT2D eigenvalue weighted by Crippen LogP contribution is 2.32. The van der Waals surface area contributed by atoms with Crippen molar-refractivity contribution in [3.63, 3.8) is 0 Å². The van der Waals surface area contributed by atoms with Crippen LogP contribution in [0.15, 0.2) is 17.7 Å². The van der Waals surface area contributed by atoms with Gasteiger partial charge in [-0.3, -0.25) is 0 Å². The minimum atomic E-state index is 0.683. The fourth-order valence-corrected chi connectivity index (χ4v) is 2.25. The Kier molecular flexibility index (Phi) is 2.22. The molecule has 74 valence electrons. The summed E-state index contributed by atoms with van der Waals surface area (Å²) in [7, 11) is 0. The third-order valence-electron chi connectivity index (χ3n) is 3.08. The lowest BCUT2D eigenvalue weighted by molar-refractivity contribution is 0.754. The van der Waals surface area contributed by atoms with Crippen molar-refractivity contribution >= 4 is 6.08 Å². The van der Waals surface area contributed by atoms with Crippen molar-refractivity contribution in [1.29, 1.82) is 0 Å². The van der Waals surface area contributed by atoms with E-state index in [9.17, 15) is 0 Å². The third-order valence-corrected chi connectivity index (χ3v) is 3.08. The van der Waals surface area contributed by atoms with Gasteiger partial charge in [0.2, 0.25) is 0 Å². The first-order valence-corrected chi connectivity index (χ1v) is 5.38. The quantitative estimate of drug-likeness (QED) is 0.624.